The van der Waals surface area contributed by atoms with Crippen molar-refractivity contribution >= 4 is 28.2 Å². The van der Waals surface area contributed by atoms with E-state index in [1.54, 1.807) is 6.92 Å². The van der Waals surface area contributed by atoms with Crippen LogP contribution in [0.15, 0.2) is 12.1 Å². The molecule has 2 aromatic rings. The molecule has 0 aliphatic heterocycles. The Morgan fingerprint density at radius 1 is 1.45 bits per heavy atom. The van der Waals surface area contributed by atoms with Crippen molar-refractivity contribution in [3.8, 4) is 0 Å². The van der Waals surface area contributed by atoms with Crippen LogP contribution in [0, 0.1) is 28.8 Å². The number of halogens is 2. The Bertz CT molecular complexity index is 701. The summed E-state index contributed by atoms with van der Waals surface area (Å²) in [5.74, 6) is -0.243. The monoisotopic (exact) mass is 296 g/mol. The van der Waals surface area contributed by atoms with E-state index >= 15 is 0 Å². The molecule has 0 N–H and O–H groups in total. The van der Waals surface area contributed by atoms with Gasteiger partial charge < -0.3 is 0 Å². The predicted molar refractivity (Wildman–Crippen MR) is 76.6 cm³/mol. The van der Waals surface area contributed by atoms with Crippen LogP contribution in [0.5, 0.6) is 0 Å². The van der Waals surface area contributed by atoms with E-state index in [0.29, 0.717) is 28.6 Å². The van der Waals surface area contributed by atoms with Gasteiger partial charge in [0, 0.05) is 11.5 Å². The van der Waals surface area contributed by atoms with E-state index < -0.39 is 10.7 Å². The molecule has 4 nitrogen and oxygen atoms in total. The first-order valence-corrected chi connectivity index (χ1v) is 6.61. The maximum atomic E-state index is 13.5. The van der Waals surface area contributed by atoms with Crippen molar-refractivity contribution in [2.75, 3.05) is 0 Å². The Hall–Kier alpha value is -1.75. The number of nitrogens with zero attached hydrogens (tertiary/aromatic N) is 2. The minimum Gasteiger partial charge on any atom is -0.258 e. The molecule has 0 aliphatic rings. The second-order valence-corrected chi connectivity index (χ2v) is 5.57. The molecule has 0 saturated carbocycles. The molecular formula is C14H14ClFN2O2. The van der Waals surface area contributed by atoms with Crippen molar-refractivity contribution in [1.82, 2.24) is 4.98 Å². The highest BCUT2D eigenvalue weighted by Gasteiger charge is 2.25. The van der Waals surface area contributed by atoms with Gasteiger partial charge in [-0.05, 0) is 30.9 Å². The Balaban J connectivity index is 2.85. The molecule has 1 aromatic carbocycles. The second-order valence-electron chi connectivity index (χ2n) is 5.19. The molecule has 1 aromatic heterocycles. The third kappa shape index (κ3) is 2.58. The van der Waals surface area contributed by atoms with Crippen molar-refractivity contribution in [2.24, 2.45) is 5.92 Å². The van der Waals surface area contributed by atoms with Crippen LogP contribution in [0.4, 0.5) is 10.1 Å². The highest BCUT2D eigenvalue weighted by molar-refractivity contribution is 6.37. The average Bonchev–Trinajstić information content (AvgIpc) is 2.25. The zero-order valence-corrected chi connectivity index (χ0v) is 12.2. The summed E-state index contributed by atoms with van der Waals surface area (Å²) in [6.45, 7) is 5.52. The van der Waals surface area contributed by atoms with Crippen LogP contribution in [0.3, 0.4) is 0 Å². The fraction of sp³-hybridized carbons (Fsp3) is 0.357. The normalized spacial score (nSPS) is 11.3. The minimum absolute atomic E-state index is 0.0353. The zero-order valence-electron chi connectivity index (χ0n) is 11.4. The summed E-state index contributed by atoms with van der Waals surface area (Å²) < 4.78 is 13.5. The molecule has 20 heavy (non-hydrogen) atoms. The number of aromatic nitrogens is 1. The number of hydrogen-bond donors (Lipinski definition) is 0. The number of nitro groups is 1. The van der Waals surface area contributed by atoms with Crippen molar-refractivity contribution in [3.05, 3.63) is 44.3 Å². The van der Waals surface area contributed by atoms with Crippen LogP contribution in [-0.4, -0.2) is 9.91 Å². The first-order chi connectivity index (χ1) is 9.31. The summed E-state index contributed by atoms with van der Waals surface area (Å²) >= 11 is 6.18. The quantitative estimate of drug-likeness (QED) is 0.621. The van der Waals surface area contributed by atoms with E-state index in [2.05, 4.69) is 4.98 Å². The molecule has 0 radical (unpaired) electrons. The maximum Gasteiger partial charge on any atom is 0.309 e. The fourth-order valence-corrected chi connectivity index (χ4v) is 2.68. The first-order valence-electron chi connectivity index (χ1n) is 6.24. The van der Waals surface area contributed by atoms with Crippen LogP contribution in [-0.2, 0) is 6.42 Å². The van der Waals surface area contributed by atoms with Crippen LogP contribution < -0.4 is 0 Å². The average molecular weight is 297 g/mol. The van der Waals surface area contributed by atoms with Crippen molar-refractivity contribution in [1.29, 1.82) is 0 Å². The van der Waals surface area contributed by atoms with Crippen molar-refractivity contribution in [3.63, 3.8) is 0 Å². The lowest BCUT2D eigenvalue weighted by atomic mass is 10.0. The Morgan fingerprint density at radius 2 is 2.10 bits per heavy atom. The highest BCUT2D eigenvalue weighted by Crippen LogP contribution is 2.37. The van der Waals surface area contributed by atoms with Gasteiger partial charge in [-0.2, -0.15) is 0 Å². The molecular weight excluding hydrogens is 283 g/mol. The molecule has 0 atom stereocenters. The van der Waals surface area contributed by atoms with Crippen molar-refractivity contribution in [2.45, 2.75) is 27.2 Å². The Kier molecular flexibility index (Phi) is 3.90. The molecule has 0 unspecified atom stereocenters. The predicted octanol–water partition coefficient (Wildman–Crippen LogP) is 4.44. The second kappa shape index (κ2) is 5.32. The standard InChI is InChI=1S/C14H14ClFN2O2/c1-7(2)4-11-14(18(19)20)13(15)12-8(3)5-9(16)6-10(12)17-11/h5-7H,4H2,1-3H3. The fourth-order valence-electron chi connectivity index (χ4n) is 2.26. The molecule has 2 rings (SSSR count). The smallest absolute Gasteiger partial charge is 0.258 e. The lowest BCUT2D eigenvalue weighted by Gasteiger charge is -2.10. The first kappa shape index (κ1) is 14.7. The van der Waals surface area contributed by atoms with E-state index in [-0.39, 0.29) is 16.6 Å². The third-order valence-corrected chi connectivity index (χ3v) is 3.39. The number of fused-ring (bicyclic) bond motifs is 1. The van der Waals surface area contributed by atoms with Gasteiger partial charge >= 0.3 is 5.69 Å². The van der Waals surface area contributed by atoms with Gasteiger partial charge in [0.2, 0.25) is 0 Å². The van der Waals surface area contributed by atoms with E-state index in [1.165, 1.54) is 12.1 Å². The summed E-state index contributed by atoms with van der Waals surface area (Å²) in [5.41, 5.74) is 1.01. The maximum absolute atomic E-state index is 13.5. The SMILES string of the molecule is Cc1cc(F)cc2nc(CC(C)C)c([N+](=O)[O-])c(Cl)c12. The van der Waals surface area contributed by atoms with Crippen LogP contribution in [0.2, 0.25) is 5.02 Å². The van der Waals surface area contributed by atoms with E-state index in [9.17, 15) is 14.5 Å². The molecule has 6 heteroatoms. The van der Waals surface area contributed by atoms with Crippen LogP contribution in [0.1, 0.15) is 25.1 Å². The van der Waals surface area contributed by atoms with Gasteiger partial charge in [0.1, 0.15) is 16.5 Å². The summed E-state index contributed by atoms with van der Waals surface area (Å²) in [4.78, 5) is 15.0. The summed E-state index contributed by atoms with van der Waals surface area (Å²) in [5, 5.41) is 11.7. The number of benzene rings is 1. The molecule has 1 heterocycles. The number of aryl methyl sites for hydroxylation is 1. The number of hydrogen-bond acceptors (Lipinski definition) is 3. The van der Waals surface area contributed by atoms with E-state index in [4.69, 9.17) is 11.6 Å². The lowest BCUT2D eigenvalue weighted by molar-refractivity contribution is -0.385. The molecule has 0 fully saturated rings. The van der Waals surface area contributed by atoms with Gasteiger partial charge in [-0.15, -0.1) is 0 Å². The summed E-state index contributed by atoms with van der Waals surface area (Å²) in [6, 6.07) is 2.55. The largest absolute Gasteiger partial charge is 0.309 e. The van der Waals surface area contributed by atoms with Crippen molar-refractivity contribution < 1.29 is 9.31 Å². The van der Waals surface area contributed by atoms with Gasteiger partial charge in [-0.25, -0.2) is 9.37 Å². The molecule has 0 spiro atoms. The highest BCUT2D eigenvalue weighted by atomic mass is 35.5. The van der Waals surface area contributed by atoms with Gasteiger partial charge in [0.05, 0.1) is 10.4 Å². The summed E-state index contributed by atoms with van der Waals surface area (Å²) in [7, 11) is 0. The van der Waals surface area contributed by atoms with Gasteiger partial charge in [0.25, 0.3) is 0 Å². The number of rotatable bonds is 3. The van der Waals surface area contributed by atoms with E-state index in [1.807, 2.05) is 13.8 Å². The van der Waals surface area contributed by atoms with Crippen LogP contribution >= 0.6 is 11.6 Å². The van der Waals surface area contributed by atoms with Gasteiger partial charge in [0.15, 0.2) is 0 Å². The van der Waals surface area contributed by atoms with Crippen LogP contribution in [0.25, 0.3) is 10.9 Å². The Labute approximate surface area is 120 Å². The molecule has 0 bridgehead atoms. The van der Waals surface area contributed by atoms with Gasteiger partial charge in [-0.3, -0.25) is 10.1 Å². The topological polar surface area (TPSA) is 56.0 Å². The molecule has 106 valence electrons. The number of pyridine rings is 1. The third-order valence-electron chi connectivity index (χ3n) is 3.02. The van der Waals surface area contributed by atoms with Gasteiger partial charge in [-0.1, -0.05) is 25.4 Å². The summed E-state index contributed by atoms with van der Waals surface area (Å²) in [6.07, 6.45) is 0.418. The Morgan fingerprint density at radius 3 is 2.65 bits per heavy atom. The lowest BCUT2D eigenvalue weighted by Crippen LogP contribution is -2.05. The zero-order chi connectivity index (χ0) is 15.0. The molecule has 0 amide bonds. The molecule has 0 aliphatic carbocycles. The minimum atomic E-state index is -0.519. The molecule has 0 saturated heterocycles. The van der Waals surface area contributed by atoms with E-state index in [0.717, 1.165) is 0 Å².